The van der Waals surface area contributed by atoms with Gasteiger partial charge in [0.15, 0.2) is 0 Å². The molecule has 110 valence electrons. The van der Waals surface area contributed by atoms with Gasteiger partial charge in [0.25, 0.3) is 0 Å². The normalized spacial score (nSPS) is 18.7. The van der Waals surface area contributed by atoms with E-state index in [1.54, 1.807) is 6.07 Å². The number of hydrogen-bond acceptors (Lipinski definition) is 3. The number of nitrogens with two attached hydrogens (primary N) is 1. The van der Waals surface area contributed by atoms with Gasteiger partial charge in [-0.3, -0.25) is 4.79 Å². The second kappa shape index (κ2) is 6.27. The highest BCUT2D eigenvalue weighted by Gasteiger charge is 2.25. The minimum Gasteiger partial charge on any atom is -0.397 e. The fraction of sp³-hybridized carbons (Fsp3) is 0.562. The lowest BCUT2D eigenvalue weighted by molar-refractivity contribution is -0.116. The van der Waals surface area contributed by atoms with Crippen LogP contribution in [0.15, 0.2) is 24.3 Å². The second-order valence-electron chi connectivity index (χ2n) is 6.39. The Labute approximate surface area is 121 Å². The van der Waals surface area contributed by atoms with Crippen molar-refractivity contribution in [1.82, 2.24) is 4.90 Å². The molecule has 1 aliphatic heterocycles. The van der Waals surface area contributed by atoms with Gasteiger partial charge in [0.1, 0.15) is 0 Å². The summed E-state index contributed by atoms with van der Waals surface area (Å²) in [5.41, 5.74) is 7.59. The van der Waals surface area contributed by atoms with E-state index in [1.807, 2.05) is 18.2 Å². The van der Waals surface area contributed by atoms with Crippen LogP contribution in [0.4, 0.5) is 11.4 Å². The molecule has 20 heavy (non-hydrogen) atoms. The molecule has 0 saturated carbocycles. The topological polar surface area (TPSA) is 58.4 Å². The van der Waals surface area contributed by atoms with Crippen molar-refractivity contribution in [3.8, 4) is 0 Å². The highest BCUT2D eigenvalue weighted by Crippen LogP contribution is 2.29. The molecule has 1 aliphatic rings. The van der Waals surface area contributed by atoms with Crippen LogP contribution in [-0.4, -0.2) is 30.4 Å². The summed E-state index contributed by atoms with van der Waals surface area (Å²) in [5, 5.41) is 2.88. The predicted octanol–water partition coefficient (Wildman–Crippen LogP) is 2.72. The number of nitrogen functional groups attached to an aromatic ring is 1. The Bertz CT molecular complexity index is 461. The minimum atomic E-state index is 0.0349. The summed E-state index contributed by atoms with van der Waals surface area (Å²) < 4.78 is 0. The van der Waals surface area contributed by atoms with Crippen molar-refractivity contribution in [2.75, 3.05) is 30.7 Å². The molecule has 1 saturated heterocycles. The zero-order chi connectivity index (χ0) is 14.6. The molecule has 0 unspecified atom stereocenters. The second-order valence-corrected chi connectivity index (χ2v) is 6.39. The first-order valence-electron chi connectivity index (χ1n) is 7.33. The Hall–Kier alpha value is -1.55. The molecule has 1 aromatic rings. The van der Waals surface area contributed by atoms with Crippen LogP contribution >= 0.6 is 0 Å². The number of rotatable bonds is 4. The molecule has 1 aromatic carbocycles. The van der Waals surface area contributed by atoms with Gasteiger partial charge in [0, 0.05) is 13.0 Å². The summed E-state index contributed by atoms with van der Waals surface area (Å²) in [6.07, 6.45) is 2.94. The third-order valence-electron chi connectivity index (χ3n) is 4.10. The Morgan fingerprint density at radius 3 is 2.60 bits per heavy atom. The zero-order valence-electron chi connectivity index (χ0n) is 12.5. The Kier molecular flexibility index (Phi) is 4.65. The number of nitrogens with one attached hydrogen (secondary N) is 1. The summed E-state index contributed by atoms with van der Waals surface area (Å²) in [6, 6.07) is 7.36. The fourth-order valence-corrected chi connectivity index (χ4v) is 2.47. The number of hydrogen-bond donors (Lipinski definition) is 2. The van der Waals surface area contributed by atoms with Crippen molar-refractivity contribution in [1.29, 1.82) is 0 Å². The van der Waals surface area contributed by atoms with E-state index in [0.29, 0.717) is 23.2 Å². The first-order chi connectivity index (χ1) is 9.46. The molecule has 2 rings (SSSR count). The van der Waals surface area contributed by atoms with Crippen LogP contribution < -0.4 is 11.1 Å². The lowest BCUT2D eigenvalue weighted by Crippen LogP contribution is -2.38. The molecule has 0 aromatic heterocycles. The van der Waals surface area contributed by atoms with Gasteiger partial charge in [0.2, 0.25) is 5.91 Å². The van der Waals surface area contributed by atoms with Crippen molar-refractivity contribution in [2.24, 2.45) is 5.41 Å². The highest BCUT2D eigenvalue weighted by atomic mass is 16.1. The number of amides is 1. The molecule has 0 spiro atoms. The summed E-state index contributed by atoms with van der Waals surface area (Å²) in [6.45, 7) is 7.64. The maximum Gasteiger partial charge on any atom is 0.225 e. The maximum atomic E-state index is 11.9. The minimum absolute atomic E-state index is 0.0349. The predicted molar refractivity (Wildman–Crippen MR) is 83.6 cm³/mol. The van der Waals surface area contributed by atoms with Gasteiger partial charge >= 0.3 is 0 Å². The summed E-state index contributed by atoms with van der Waals surface area (Å²) in [7, 11) is 0. The number of para-hydroxylation sites is 2. The molecule has 3 N–H and O–H groups in total. The van der Waals surface area contributed by atoms with Crippen LogP contribution in [0.3, 0.4) is 0 Å². The smallest absolute Gasteiger partial charge is 0.225 e. The zero-order valence-corrected chi connectivity index (χ0v) is 12.5. The van der Waals surface area contributed by atoms with Crippen molar-refractivity contribution in [3.63, 3.8) is 0 Å². The largest absolute Gasteiger partial charge is 0.397 e. The number of likely N-dealkylation sites (tertiary alicyclic amines) is 1. The lowest BCUT2D eigenvalue weighted by Gasteiger charge is -2.36. The molecule has 1 amide bonds. The average molecular weight is 275 g/mol. The van der Waals surface area contributed by atoms with Gasteiger partial charge in [0.05, 0.1) is 11.4 Å². The monoisotopic (exact) mass is 275 g/mol. The lowest BCUT2D eigenvalue weighted by atomic mass is 9.83. The third kappa shape index (κ3) is 4.23. The van der Waals surface area contributed by atoms with Gasteiger partial charge in [-0.25, -0.2) is 0 Å². The molecule has 0 aliphatic carbocycles. The van der Waals surface area contributed by atoms with E-state index < -0.39 is 0 Å². The first-order valence-corrected chi connectivity index (χ1v) is 7.33. The van der Waals surface area contributed by atoms with Crippen molar-refractivity contribution in [3.05, 3.63) is 24.3 Å². The van der Waals surface area contributed by atoms with E-state index in [9.17, 15) is 4.79 Å². The first kappa shape index (κ1) is 14.9. The molecular weight excluding hydrogens is 250 g/mol. The SMILES string of the molecule is CC1(C)CCN(CCC(=O)Nc2ccccc2N)CC1. The van der Waals surface area contributed by atoms with Crippen LogP contribution in [0.1, 0.15) is 33.1 Å². The number of nitrogens with zero attached hydrogens (tertiary/aromatic N) is 1. The van der Waals surface area contributed by atoms with Crippen molar-refractivity contribution >= 4 is 17.3 Å². The van der Waals surface area contributed by atoms with Gasteiger partial charge in [-0.1, -0.05) is 26.0 Å². The number of carbonyl (C=O) groups excluding carboxylic acids is 1. The van der Waals surface area contributed by atoms with Crippen LogP contribution in [0, 0.1) is 5.41 Å². The van der Waals surface area contributed by atoms with E-state index in [2.05, 4.69) is 24.1 Å². The van der Waals surface area contributed by atoms with Crippen molar-refractivity contribution < 1.29 is 4.79 Å². The van der Waals surface area contributed by atoms with E-state index in [1.165, 1.54) is 12.8 Å². The number of piperidine rings is 1. The van der Waals surface area contributed by atoms with Crippen molar-refractivity contribution in [2.45, 2.75) is 33.1 Å². The van der Waals surface area contributed by atoms with E-state index in [0.717, 1.165) is 19.6 Å². The molecule has 0 bridgehead atoms. The Morgan fingerprint density at radius 1 is 1.30 bits per heavy atom. The standard InChI is InChI=1S/C16H25N3O/c1-16(2)8-11-19(12-9-16)10-7-15(20)18-14-6-4-3-5-13(14)17/h3-6H,7-12,17H2,1-2H3,(H,18,20). The van der Waals surface area contributed by atoms with Gasteiger partial charge in [-0.05, 0) is 43.5 Å². The molecule has 4 nitrogen and oxygen atoms in total. The number of benzene rings is 1. The van der Waals surface area contributed by atoms with E-state index in [4.69, 9.17) is 5.73 Å². The van der Waals surface area contributed by atoms with Crippen LogP contribution in [0.2, 0.25) is 0 Å². The van der Waals surface area contributed by atoms with Gasteiger partial charge in [-0.2, -0.15) is 0 Å². The third-order valence-corrected chi connectivity index (χ3v) is 4.10. The molecule has 0 atom stereocenters. The van der Waals surface area contributed by atoms with Gasteiger partial charge < -0.3 is 16.0 Å². The van der Waals surface area contributed by atoms with E-state index >= 15 is 0 Å². The molecule has 1 fully saturated rings. The highest BCUT2D eigenvalue weighted by molar-refractivity contribution is 5.93. The quantitative estimate of drug-likeness (QED) is 0.831. The summed E-state index contributed by atoms with van der Waals surface area (Å²) >= 11 is 0. The number of anilines is 2. The molecule has 0 radical (unpaired) electrons. The molecular formula is C16H25N3O. The fourth-order valence-electron chi connectivity index (χ4n) is 2.47. The maximum absolute atomic E-state index is 11.9. The summed E-state index contributed by atoms with van der Waals surface area (Å²) in [4.78, 5) is 14.3. The molecule has 4 heteroatoms. The van der Waals surface area contributed by atoms with Crippen LogP contribution in [0.5, 0.6) is 0 Å². The van der Waals surface area contributed by atoms with Gasteiger partial charge in [-0.15, -0.1) is 0 Å². The van der Waals surface area contributed by atoms with E-state index in [-0.39, 0.29) is 5.91 Å². The summed E-state index contributed by atoms with van der Waals surface area (Å²) in [5.74, 6) is 0.0349. The van der Waals surface area contributed by atoms with Crippen LogP contribution in [-0.2, 0) is 4.79 Å². The average Bonchev–Trinajstić information content (AvgIpc) is 2.40. The Morgan fingerprint density at radius 2 is 1.95 bits per heavy atom. The Balaban J connectivity index is 1.75. The number of carbonyl (C=O) groups is 1. The molecule has 1 heterocycles. The van der Waals surface area contributed by atoms with Crippen LogP contribution in [0.25, 0.3) is 0 Å².